The molecule has 0 spiro atoms. The molecule has 106 valence electrons. The summed E-state index contributed by atoms with van der Waals surface area (Å²) in [5.41, 5.74) is 1.48. The van der Waals surface area contributed by atoms with Gasteiger partial charge in [-0.05, 0) is 24.3 Å². The maximum Gasteiger partial charge on any atom is 0.257 e. The van der Waals surface area contributed by atoms with E-state index in [0.717, 1.165) is 44.1 Å². The average molecular weight is 281 g/mol. The Labute approximate surface area is 122 Å². The summed E-state index contributed by atoms with van der Waals surface area (Å²) in [7, 11) is 0. The highest BCUT2D eigenvalue weighted by atomic mass is 16.5. The van der Waals surface area contributed by atoms with E-state index >= 15 is 0 Å². The number of hydrogen-bond acceptors (Lipinski definition) is 6. The molecule has 0 saturated carbocycles. The van der Waals surface area contributed by atoms with Crippen molar-refractivity contribution in [2.24, 2.45) is 0 Å². The predicted molar refractivity (Wildman–Crippen MR) is 75.2 cm³/mol. The Bertz CT molecular complexity index is 679. The number of hydrogen-bond donors (Lipinski definition) is 0. The number of fused-ring (bicyclic) bond motifs is 3. The zero-order valence-corrected chi connectivity index (χ0v) is 11.6. The second-order valence-corrected chi connectivity index (χ2v) is 5.50. The molecule has 1 unspecified atom stereocenters. The standard InChI is InChI=1S/C15H15N5O/c16-9-11-1-3-12(4-2-11)15-17-14(18-21-15)13-10-19-5-7-20(13)8-6-19/h1-4,13H,5-8,10H2. The van der Waals surface area contributed by atoms with E-state index in [1.807, 2.05) is 12.1 Å². The van der Waals surface area contributed by atoms with Crippen LogP contribution in [-0.4, -0.2) is 52.7 Å². The Morgan fingerprint density at radius 3 is 2.52 bits per heavy atom. The van der Waals surface area contributed by atoms with Gasteiger partial charge in [0.05, 0.1) is 17.7 Å². The number of benzene rings is 1. The summed E-state index contributed by atoms with van der Waals surface area (Å²) in [6, 6.07) is 9.54. The molecule has 6 nitrogen and oxygen atoms in total. The third-order valence-electron chi connectivity index (χ3n) is 4.28. The topological polar surface area (TPSA) is 69.2 Å². The van der Waals surface area contributed by atoms with Gasteiger partial charge in [0.2, 0.25) is 0 Å². The first-order valence-corrected chi connectivity index (χ1v) is 7.14. The zero-order chi connectivity index (χ0) is 14.2. The maximum atomic E-state index is 8.82. The Morgan fingerprint density at radius 2 is 1.90 bits per heavy atom. The Kier molecular flexibility index (Phi) is 2.95. The van der Waals surface area contributed by atoms with Gasteiger partial charge in [0.15, 0.2) is 5.82 Å². The lowest BCUT2D eigenvalue weighted by molar-refractivity contribution is 0.00781. The smallest absolute Gasteiger partial charge is 0.257 e. The molecule has 0 N–H and O–H groups in total. The summed E-state index contributed by atoms with van der Waals surface area (Å²) < 4.78 is 5.40. The SMILES string of the molecule is N#Cc1ccc(-c2nc(C3CN4CCN3CC4)no2)cc1. The van der Waals surface area contributed by atoms with Crippen LogP contribution in [0.4, 0.5) is 0 Å². The zero-order valence-electron chi connectivity index (χ0n) is 11.6. The van der Waals surface area contributed by atoms with Crippen LogP contribution in [0.25, 0.3) is 11.5 Å². The number of rotatable bonds is 2. The van der Waals surface area contributed by atoms with Gasteiger partial charge >= 0.3 is 0 Å². The number of nitriles is 1. The van der Waals surface area contributed by atoms with Crippen LogP contribution in [0.5, 0.6) is 0 Å². The lowest BCUT2D eigenvalue weighted by Crippen LogP contribution is -2.57. The number of nitrogens with zero attached hydrogens (tertiary/aromatic N) is 5. The molecule has 0 amide bonds. The molecule has 3 aliphatic rings. The van der Waals surface area contributed by atoms with E-state index in [4.69, 9.17) is 9.78 Å². The van der Waals surface area contributed by atoms with Gasteiger partial charge in [-0.3, -0.25) is 9.80 Å². The van der Waals surface area contributed by atoms with E-state index in [0.29, 0.717) is 11.5 Å². The van der Waals surface area contributed by atoms with Crippen molar-refractivity contribution < 1.29 is 4.52 Å². The minimum Gasteiger partial charge on any atom is -0.334 e. The first-order valence-electron chi connectivity index (χ1n) is 7.14. The molecule has 2 aromatic rings. The second-order valence-electron chi connectivity index (χ2n) is 5.50. The Morgan fingerprint density at radius 1 is 1.14 bits per heavy atom. The van der Waals surface area contributed by atoms with E-state index in [1.165, 1.54) is 0 Å². The molecule has 5 rings (SSSR count). The number of aromatic nitrogens is 2. The van der Waals surface area contributed by atoms with E-state index in [9.17, 15) is 0 Å². The Balaban J connectivity index is 1.59. The third-order valence-corrected chi connectivity index (χ3v) is 4.28. The van der Waals surface area contributed by atoms with E-state index < -0.39 is 0 Å². The van der Waals surface area contributed by atoms with E-state index in [-0.39, 0.29) is 6.04 Å². The third kappa shape index (κ3) is 2.20. The molecule has 6 heteroatoms. The largest absolute Gasteiger partial charge is 0.334 e. The van der Waals surface area contributed by atoms with Gasteiger partial charge in [-0.15, -0.1) is 0 Å². The van der Waals surface area contributed by atoms with Crippen molar-refractivity contribution >= 4 is 0 Å². The quantitative estimate of drug-likeness (QED) is 0.826. The lowest BCUT2D eigenvalue weighted by Gasteiger charge is -2.46. The molecule has 4 heterocycles. The molecule has 3 aliphatic heterocycles. The second kappa shape index (κ2) is 4.95. The molecule has 3 saturated heterocycles. The van der Waals surface area contributed by atoms with Crippen LogP contribution in [0.1, 0.15) is 17.4 Å². The van der Waals surface area contributed by atoms with Crippen molar-refractivity contribution in [3.63, 3.8) is 0 Å². The summed E-state index contributed by atoms with van der Waals surface area (Å²) in [4.78, 5) is 9.42. The van der Waals surface area contributed by atoms with Crippen molar-refractivity contribution in [3.8, 4) is 17.5 Å². The van der Waals surface area contributed by atoms with Crippen LogP contribution < -0.4 is 0 Å². The maximum absolute atomic E-state index is 8.82. The van der Waals surface area contributed by atoms with Crippen molar-refractivity contribution in [1.82, 2.24) is 19.9 Å². The summed E-state index contributed by atoms with van der Waals surface area (Å²) in [6.07, 6.45) is 0. The number of piperazine rings is 3. The van der Waals surface area contributed by atoms with Crippen molar-refractivity contribution in [2.45, 2.75) is 6.04 Å². The summed E-state index contributed by atoms with van der Waals surface area (Å²) >= 11 is 0. The highest BCUT2D eigenvalue weighted by Crippen LogP contribution is 2.28. The highest BCUT2D eigenvalue weighted by molar-refractivity contribution is 5.54. The van der Waals surface area contributed by atoms with Crippen LogP contribution in [-0.2, 0) is 0 Å². The first kappa shape index (κ1) is 12.5. The van der Waals surface area contributed by atoms with Gasteiger partial charge in [0, 0.05) is 38.3 Å². The molecular formula is C15H15N5O. The van der Waals surface area contributed by atoms with Gasteiger partial charge < -0.3 is 4.52 Å². The molecule has 1 aromatic heterocycles. The summed E-state index contributed by atoms with van der Waals surface area (Å²) in [5.74, 6) is 1.28. The molecule has 1 aromatic carbocycles. The summed E-state index contributed by atoms with van der Waals surface area (Å²) in [5, 5.41) is 13.0. The average Bonchev–Trinajstić information content (AvgIpc) is 3.06. The monoisotopic (exact) mass is 281 g/mol. The van der Waals surface area contributed by atoms with Crippen LogP contribution in [0, 0.1) is 11.3 Å². The van der Waals surface area contributed by atoms with Gasteiger partial charge in [-0.25, -0.2) is 0 Å². The molecule has 0 aliphatic carbocycles. The highest BCUT2D eigenvalue weighted by Gasteiger charge is 2.35. The fourth-order valence-electron chi connectivity index (χ4n) is 3.04. The molecule has 3 fully saturated rings. The van der Waals surface area contributed by atoms with Crippen molar-refractivity contribution in [1.29, 1.82) is 5.26 Å². The minimum atomic E-state index is 0.239. The van der Waals surface area contributed by atoms with Crippen LogP contribution in [0.15, 0.2) is 28.8 Å². The van der Waals surface area contributed by atoms with Gasteiger partial charge in [0.1, 0.15) is 0 Å². The normalized spacial score (nSPS) is 27.5. The van der Waals surface area contributed by atoms with E-state index in [1.54, 1.807) is 12.1 Å². The van der Waals surface area contributed by atoms with Crippen molar-refractivity contribution in [3.05, 3.63) is 35.7 Å². The summed E-state index contributed by atoms with van der Waals surface area (Å²) in [6.45, 7) is 5.40. The van der Waals surface area contributed by atoms with Gasteiger partial charge in [-0.1, -0.05) is 5.16 Å². The van der Waals surface area contributed by atoms with Crippen LogP contribution in [0.2, 0.25) is 0 Å². The minimum absolute atomic E-state index is 0.239. The van der Waals surface area contributed by atoms with Crippen LogP contribution >= 0.6 is 0 Å². The van der Waals surface area contributed by atoms with Gasteiger partial charge in [0.25, 0.3) is 5.89 Å². The molecular weight excluding hydrogens is 266 g/mol. The molecule has 2 bridgehead atoms. The fourth-order valence-corrected chi connectivity index (χ4v) is 3.04. The van der Waals surface area contributed by atoms with Crippen molar-refractivity contribution in [2.75, 3.05) is 32.7 Å². The molecule has 21 heavy (non-hydrogen) atoms. The lowest BCUT2D eigenvalue weighted by atomic mass is 10.1. The van der Waals surface area contributed by atoms with Gasteiger partial charge in [-0.2, -0.15) is 10.2 Å². The Hall–Kier alpha value is -2.23. The molecule has 1 atom stereocenters. The fraction of sp³-hybridized carbons (Fsp3) is 0.400. The first-order chi connectivity index (χ1) is 10.3. The predicted octanol–water partition coefficient (Wildman–Crippen LogP) is 1.28. The van der Waals surface area contributed by atoms with E-state index in [2.05, 4.69) is 26.0 Å². The van der Waals surface area contributed by atoms with Crippen LogP contribution in [0.3, 0.4) is 0 Å². The molecule has 0 radical (unpaired) electrons.